The van der Waals surface area contributed by atoms with Crippen molar-refractivity contribution in [3.05, 3.63) is 66.0 Å². The Morgan fingerprint density at radius 3 is 2.83 bits per heavy atom. The molecule has 3 aromatic rings. The van der Waals surface area contributed by atoms with E-state index < -0.39 is 0 Å². The van der Waals surface area contributed by atoms with Gasteiger partial charge in [0.05, 0.1) is 17.1 Å². The smallest absolute Gasteiger partial charge is 0.194 e. The van der Waals surface area contributed by atoms with E-state index >= 15 is 0 Å². The molecule has 1 aromatic carbocycles. The van der Waals surface area contributed by atoms with Crippen molar-refractivity contribution in [3.63, 3.8) is 0 Å². The van der Waals surface area contributed by atoms with Crippen LogP contribution in [0.1, 0.15) is 5.69 Å². The quantitative estimate of drug-likeness (QED) is 0.732. The second kappa shape index (κ2) is 5.85. The fraction of sp³-hybridized carbons (Fsp3) is 0.111. The van der Waals surface area contributed by atoms with Gasteiger partial charge in [0.25, 0.3) is 0 Å². The zero-order valence-corrected chi connectivity index (χ0v) is 13.6. The lowest BCUT2D eigenvalue weighted by Gasteiger charge is -2.14. The molecule has 0 spiro atoms. The first-order valence-electron chi connectivity index (χ1n) is 7.43. The maximum absolute atomic E-state index is 4.78. The van der Waals surface area contributed by atoms with Crippen LogP contribution in [0.15, 0.2) is 65.3 Å². The van der Waals surface area contributed by atoms with Gasteiger partial charge in [-0.2, -0.15) is 0 Å². The number of fused-ring (bicyclic) bond motifs is 1. The molecule has 0 N–H and O–H groups in total. The molecule has 0 saturated carbocycles. The number of allylic oxidation sites excluding steroid dienone is 2. The lowest BCUT2D eigenvalue weighted by atomic mass is 10.1. The highest BCUT2D eigenvalue weighted by Crippen LogP contribution is 2.27. The molecule has 3 heterocycles. The van der Waals surface area contributed by atoms with E-state index in [0.29, 0.717) is 6.67 Å². The standard InChI is InChI=1S/C18H16N4S/c1-21-10-9-15(19-13-21)7-8-16-17(14-5-3-2-4-6-14)20-18-22(16)11-12-23-18/h2-12H,13H2,1H3/b8-7+. The van der Waals surface area contributed by atoms with Gasteiger partial charge in [0, 0.05) is 30.4 Å². The summed E-state index contributed by atoms with van der Waals surface area (Å²) in [6.45, 7) is 0.696. The summed E-state index contributed by atoms with van der Waals surface area (Å²) in [6.07, 6.45) is 10.3. The van der Waals surface area contributed by atoms with Crippen LogP contribution in [0.3, 0.4) is 0 Å². The zero-order valence-electron chi connectivity index (χ0n) is 12.8. The molecule has 1 aliphatic rings. The van der Waals surface area contributed by atoms with Crippen LogP contribution in [0.2, 0.25) is 0 Å². The van der Waals surface area contributed by atoms with Crippen molar-refractivity contribution in [2.45, 2.75) is 0 Å². The normalized spacial score (nSPS) is 14.8. The summed E-state index contributed by atoms with van der Waals surface area (Å²) in [5.74, 6) is 0. The van der Waals surface area contributed by atoms with Crippen LogP contribution in [0, 0.1) is 0 Å². The number of hydrogen-bond acceptors (Lipinski definition) is 4. The molecule has 0 radical (unpaired) electrons. The molecule has 0 aliphatic carbocycles. The molecule has 5 heteroatoms. The summed E-state index contributed by atoms with van der Waals surface area (Å²) in [4.78, 5) is 12.4. The Morgan fingerprint density at radius 2 is 2.04 bits per heavy atom. The first-order valence-corrected chi connectivity index (χ1v) is 8.31. The minimum absolute atomic E-state index is 0.696. The molecule has 0 saturated heterocycles. The largest absolute Gasteiger partial charge is 0.361 e. The van der Waals surface area contributed by atoms with Crippen molar-refractivity contribution in [1.82, 2.24) is 14.3 Å². The Kier molecular flexibility index (Phi) is 3.55. The van der Waals surface area contributed by atoms with E-state index in [0.717, 1.165) is 27.6 Å². The molecule has 4 rings (SSSR count). The average molecular weight is 320 g/mol. The van der Waals surface area contributed by atoms with Crippen LogP contribution in [0.25, 0.3) is 22.3 Å². The van der Waals surface area contributed by atoms with E-state index in [-0.39, 0.29) is 0 Å². The van der Waals surface area contributed by atoms with Crippen molar-refractivity contribution in [2.75, 3.05) is 13.7 Å². The monoisotopic (exact) mass is 320 g/mol. The van der Waals surface area contributed by atoms with Gasteiger partial charge in [-0.05, 0) is 18.2 Å². The van der Waals surface area contributed by atoms with E-state index in [1.54, 1.807) is 11.3 Å². The van der Waals surface area contributed by atoms with Crippen LogP contribution < -0.4 is 0 Å². The number of rotatable bonds is 3. The molecule has 0 bridgehead atoms. The molecule has 114 valence electrons. The van der Waals surface area contributed by atoms with Gasteiger partial charge in [-0.1, -0.05) is 30.3 Å². The predicted octanol–water partition coefficient (Wildman–Crippen LogP) is 3.93. The number of nitrogens with zero attached hydrogens (tertiary/aromatic N) is 4. The third-order valence-corrected chi connectivity index (χ3v) is 4.49. The number of benzene rings is 1. The Bertz CT molecular complexity index is 915. The van der Waals surface area contributed by atoms with Crippen molar-refractivity contribution >= 4 is 28.1 Å². The molecular weight excluding hydrogens is 304 g/mol. The van der Waals surface area contributed by atoms with Crippen LogP contribution in [0.4, 0.5) is 0 Å². The SMILES string of the molecule is CN1C=CC(/C=C/c2c(-c3ccccc3)nc3sccn23)=NC1. The second-order valence-electron chi connectivity index (χ2n) is 5.40. The summed E-state index contributed by atoms with van der Waals surface area (Å²) in [7, 11) is 2.01. The summed E-state index contributed by atoms with van der Waals surface area (Å²) in [6, 6.07) is 10.3. The Hall–Kier alpha value is -2.66. The van der Waals surface area contributed by atoms with Crippen LogP contribution in [0.5, 0.6) is 0 Å². The Labute approximate surface area is 138 Å². The summed E-state index contributed by atoms with van der Waals surface area (Å²) >= 11 is 1.65. The molecule has 0 fully saturated rings. The fourth-order valence-corrected chi connectivity index (χ4v) is 3.26. The molecule has 2 aromatic heterocycles. The topological polar surface area (TPSA) is 32.9 Å². The molecule has 0 atom stereocenters. The van der Waals surface area contributed by atoms with Gasteiger partial charge >= 0.3 is 0 Å². The van der Waals surface area contributed by atoms with E-state index in [1.807, 2.05) is 42.4 Å². The van der Waals surface area contributed by atoms with Crippen LogP contribution in [-0.4, -0.2) is 33.7 Å². The number of thiazole rings is 1. The maximum atomic E-state index is 4.78. The molecular formula is C18H16N4S. The second-order valence-corrected chi connectivity index (χ2v) is 6.27. The molecule has 23 heavy (non-hydrogen) atoms. The zero-order chi connectivity index (χ0) is 15.6. The van der Waals surface area contributed by atoms with E-state index in [4.69, 9.17) is 4.98 Å². The highest BCUT2D eigenvalue weighted by Gasteiger charge is 2.12. The lowest BCUT2D eigenvalue weighted by Crippen LogP contribution is -2.15. The van der Waals surface area contributed by atoms with Gasteiger partial charge < -0.3 is 4.90 Å². The molecule has 0 unspecified atom stereocenters. The first kappa shape index (κ1) is 14.0. The first-order chi connectivity index (χ1) is 11.3. The Morgan fingerprint density at radius 1 is 1.17 bits per heavy atom. The summed E-state index contributed by atoms with van der Waals surface area (Å²) in [5, 5.41) is 2.06. The van der Waals surface area contributed by atoms with E-state index in [2.05, 4.69) is 45.3 Å². The number of imidazole rings is 1. The predicted molar refractivity (Wildman–Crippen MR) is 96.7 cm³/mol. The van der Waals surface area contributed by atoms with Gasteiger partial charge in [0.15, 0.2) is 4.96 Å². The van der Waals surface area contributed by atoms with E-state index in [1.165, 1.54) is 0 Å². The maximum Gasteiger partial charge on any atom is 0.194 e. The lowest BCUT2D eigenvalue weighted by molar-refractivity contribution is 0.469. The Balaban J connectivity index is 1.76. The fourth-order valence-electron chi connectivity index (χ4n) is 2.54. The number of aliphatic imine (C=N–C) groups is 1. The van der Waals surface area contributed by atoms with Gasteiger partial charge in [-0.15, -0.1) is 11.3 Å². The average Bonchev–Trinajstić information content (AvgIpc) is 3.17. The van der Waals surface area contributed by atoms with E-state index in [9.17, 15) is 0 Å². The van der Waals surface area contributed by atoms with Gasteiger partial charge in [0.1, 0.15) is 6.67 Å². The highest BCUT2D eigenvalue weighted by molar-refractivity contribution is 7.15. The third-order valence-electron chi connectivity index (χ3n) is 3.73. The molecule has 1 aliphatic heterocycles. The minimum atomic E-state index is 0.696. The van der Waals surface area contributed by atoms with Crippen LogP contribution >= 0.6 is 11.3 Å². The van der Waals surface area contributed by atoms with Crippen molar-refractivity contribution in [3.8, 4) is 11.3 Å². The number of hydrogen-bond donors (Lipinski definition) is 0. The minimum Gasteiger partial charge on any atom is -0.361 e. The summed E-state index contributed by atoms with van der Waals surface area (Å²) < 4.78 is 2.13. The van der Waals surface area contributed by atoms with Gasteiger partial charge in [0.2, 0.25) is 0 Å². The summed E-state index contributed by atoms with van der Waals surface area (Å²) in [5.41, 5.74) is 4.20. The van der Waals surface area contributed by atoms with Crippen molar-refractivity contribution < 1.29 is 0 Å². The highest BCUT2D eigenvalue weighted by atomic mass is 32.1. The van der Waals surface area contributed by atoms with Crippen molar-refractivity contribution in [2.24, 2.45) is 4.99 Å². The van der Waals surface area contributed by atoms with Gasteiger partial charge in [-0.25, -0.2) is 4.98 Å². The molecule has 4 nitrogen and oxygen atoms in total. The van der Waals surface area contributed by atoms with Gasteiger partial charge in [-0.3, -0.25) is 9.39 Å². The van der Waals surface area contributed by atoms with Crippen LogP contribution in [-0.2, 0) is 0 Å². The van der Waals surface area contributed by atoms with Crippen molar-refractivity contribution in [1.29, 1.82) is 0 Å². The molecule has 0 amide bonds. The third kappa shape index (κ3) is 2.71. The number of aromatic nitrogens is 2.